The molecular weight excluding hydrogens is 211 g/mol. The van der Waals surface area contributed by atoms with Gasteiger partial charge in [0.05, 0.1) is 5.56 Å². The van der Waals surface area contributed by atoms with Gasteiger partial charge in [0, 0.05) is 9.64 Å². The molecule has 0 saturated heterocycles. The van der Waals surface area contributed by atoms with Crippen LogP contribution in [0, 0.1) is 11.2 Å². The van der Waals surface area contributed by atoms with Crippen molar-refractivity contribution >= 4 is 17.6 Å². The highest BCUT2D eigenvalue weighted by Crippen LogP contribution is 2.34. The van der Waals surface area contributed by atoms with Crippen LogP contribution in [0.25, 0.3) is 0 Å². The fraction of sp³-hybridized carbons (Fsp3) is 0.364. The van der Waals surface area contributed by atoms with Gasteiger partial charge in [0.15, 0.2) is 0 Å². The van der Waals surface area contributed by atoms with Gasteiger partial charge in [-0.15, -0.1) is 11.8 Å². The Morgan fingerprint density at radius 1 is 1.40 bits per heavy atom. The van der Waals surface area contributed by atoms with Gasteiger partial charge in [-0.05, 0) is 12.1 Å². The number of rotatable bonds is 2. The highest BCUT2D eigenvalue weighted by Gasteiger charge is 2.18. The second kappa shape index (κ2) is 4.23. The molecule has 1 rings (SSSR count). The van der Waals surface area contributed by atoms with E-state index in [0.717, 1.165) is 4.90 Å². The maximum absolute atomic E-state index is 13.4. The van der Waals surface area contributed by atoms with Crippen LogP contribution in [-0.2, 0) is 0 Å². The number of hydrogen-bond acceptors (Lipinski definition) is 2. The first-order valence-electron chi connectivity index (χ1n) is 4.63. The van der Waals surface area contributed by atoms with Crippen molar-refractivity contribution in [3.05, 3.63) is 29.6 Å². The number of benzene rings is 1. The summed E-state index contributed by atoms with van der Waals surface area (Å²) in [6.45, 7) is 6.10. The van der Waals surface area contributed by atoms with Crippen molar-refractivity contribution in [2.75, 3.05) is 0 Å². The zero-order chi connectivity index (χ0) is 11.6. The largest absolute Gasteiger partial charge is 0.384 e. The molecular formula is C11H15FN2S. The van der Waals surface area contributed by atoms with Gasteiger partial charge in [-0.3, -0.25) is 5.41 Å². The Kier molecular flexibility index (Phi) is 3.39. The molecule has 0 fully saturated rings. The molecule has 1 aromatic carbocycles. The second-order valence-corrected chi connectivity index (χ2v) is 6.11. The van der Waals surface area contributed by atoms with E-state index in [2.05, 4.69) is 0 Å². The van der Waals surface area contributed by atoms with Gasteiger partial charge in [-0.2, -0.15) is 0 Å². The van der Waals surface area contributed by atoms with Crippen LogP contribution in [0.4, 0.5) is 4.39 Å². The predicted octanol–water partition coefficient (Wildman–Crippen LogP) is 3.00. The van der Waals surface area contributed by atoms with Crippen LogP contribution in [0.5, 0.6) is 0 Å². The number of nitrogens with two attached hydrogens (primary N) is 1. The van der Waals surface area contributed by atoms with Crippen LogP contribution < -0.4 is 5.73 Å². The summed E-state index contributed by atoms with van der Waals surface area (Å²) >= 11 is 1.51. The van der Waals surface area contributed by atoms with E-state index in [1.54, 1.807) is 12.1 Å². The minimum absolute atomic E-state index is 0.0298. The number of amidine groups is 1. The van der Waals surface area contributed by atoms with Gasteiger partial charge in [0.1, 0.15) is 11.7 Å². The lowest BCUT2D eigenvalue weighted by molar-refractivity contribution is 0.620. The molecule has 0 radical (unpaired) electrons. The lowest BCUT2D eigenvalue weighted by Crippen LogP contribution is -2.16. The third kappa shape index (κ3) is 3.23. The Morgan fingerprint density at radius 2 is 2.00 bits per heavy atom. The van der Waals surface area contributed by atoms with Crippen LogP contribution in [0.2, 0.25) is 0 Å². The average molecular weight is 226 g/mol. The van der Waals surface area contributed by atoms with Crippen molar-refractivity contribution in [2.24, 2.45) is 5.73 Å². The molecule has 3 N–H and O–H groups in total. The summed E-state index contributed by atoms with van der Waals surface area (Å²) in [6, 6.07) is 4.75. The van der Waals surface area contributed by atoms with Crippen molar-refractivity contribution in [1.82, 2.24) is 0 Å². The zero-order valence-electron chi connectivity index (χ0n) is 9.10. The number of hydrogen-bond donors (Lipinski definition) is 2. The number of thioether (sulfide) groups is 1. The monoisotopic (exact) mass is 226 g/mol. The second-order valence-electron chi connectivity index (χ2n) is 4.24. The van der Waals surface area contributed by atoms with Crippen LogP contribution in [0.1, 0.15) is 26.3 Å². The fourth-order valence-corrected chi connectivity index (χ4v) is 2.30. The van der Waals surface area contributed by atoms with E-state index in [1.807, 2.05) is 20.8 Å². The first-order valence-corrected chi connectivity index (χ1v) is 5.45. The molecule has 0 unspecified atom stereocenters. The molecule has 2 nitrogen and oxygen atoms in total. The van der Waals surface area contributed by atoms with Gasteiger partial charge < -0.3 is 5.73 Å². The summed E-state index contributed by atoms with van der Waals surface area (Å²) in [5.41, 5.74) is 5.57. The van der Waals surface area contributed by atoms with Crippen molar-refractivity contribution in [2.45, 2.75) is 30.4 Å². The zero-order valence-corrected chi connectivity index (χ0v) is 9.91. The Bertz CT molecular complexity index is 383. The molecule has 82 valence electrons. The first kappa shape index (κ1) is 12.0. The minimum Gasteiger partial charge on any atom is -0.384 e. The van der Waals surface area contributed by atoms with Crippen molar-refractivity contribution in [3.63, 3.8) is 0 Å². The quantitative estimate of drug-likeness (QED) is 0.462. The molecule has 15 heavy (non-hydrogen) atoms. The molecule has 0 atom stereocenters. The van der Waals surface area contributed by atoms with Gasteiger partial charge in [-0.25, -0.2) is 4.39 Å². The van der Waals surface area contributed by atoms with E-state index >= 15 is 0 Å². The highest BCUT2D eigenvalue weighted by atomic mass is 32.2. The Morgan fingerprint density at radius 3 is 2.47 bits per heavy atom. The van der Waals surface area contributed by atoms with E-state index in [4.69, 9.17) is 11.1 Å². The van der Waals surface area contributed by atoms with Crippen LogP contribution >= 0.6 is 11.8 Å². The van der Waals surface area contributed by atoms with Crippen molar-refractivity contribution in [3.8, 4) is 0 Å². The van der Waals surface area contributed by atoms with E-state index in [9.17, 15) is 4.39 Å². The summed E-state index contributed by atoms with van der Waals surface area (Å²) in [6.07, 6.45) is 0. The summed E-state index contributed by atoms with van der Waals surface area (Å²) < 4.78 is 13.4. The third-order valence-electron chi connectivity index (χ3n) is 1.66. The van der Waals surface area contributed by atoms with Crippen LogP contribution in [-0.4, -0.2) is 10.6 Å². The summed E-state index contributed by atoms with van der Waals surface area (Å²) in [5, 5.41) is 7.35. The van der Waals surface area contributed by atoms with E-state index in [-0.39, 0.29) is 16.1 Å². The Balaban J connectivity index is 3.18. The first-order chi connectivity index (χ1) is 6.81. The van der Waals surface area contributed by atoms with Crippen molar-refractivity contribution < 1.29 is 4.39 Å². The fourth-order valence-electron chi connectivity index (χ4n) is 1.18. The standard InChI is InChI=1S/C11H15FN2S/c1-11(2,3)15-8-6-4-5-7(12)9(8)10(13)14/h4-6H,1-3H3,(H3,13,14). The molecule has 0 spiro atoms. The molecule has 4 heteroatoms. The molecule has 0 heterocycles. The molecule has 0 aromatic heterocycles. The summed E-state index contributed by atoms with van der Waals surface area (Å²) in [5.74, 6) is -0.656. The lowest BCUT2D eigenvalue weighted by Gasteiger charge is -2.19. The predicted molar refractivity (Wildman–Crippen MR) is 63.0 cm³/mol. The van der Waals surface area contributed by atoms with E-state index in [1.165, 1.54) is 17.8 Å². The summed E-state index contributed by atoms with van der Waals surface area (Å²) in [7, 11) is 0. The molecule has 1 aromatic rings. The average Bonchev–Trinajstić information content (AvgIpc) is 1.99. The Labute approximate surface area is 93.6 Å². The Hall–Kier alpha value is -1.03. The lowest BCUT2D eigenvalue weighted by atomic mass is 10.2. The topological polar surface area (TPSA) is 49.9 Å². The maximum Gasteiger partial charge on any atom is 0.135 e. The molecule has 0 bridgehead atoms. The number of nitrogens with one attached hydrogen (secondary N) is 1. The van der Waals surface area contributed by atoms with Gasteiger partial charge in [-0.1, -0.05) is 26.8 Å². The van der Waals surface area contributed by atoms with Gasteiger partial charge >= 0.3 is 0 Å². The third-order valence-corrected chi connectivity index (χ3v) is 2.83. The number of halogens is 1. The van der Waals surface area contributed by atoms with Gasteiger partial charge in [0.2, 0.25) is 0 Å². The SMILES string of the molecule is CC(C)(C)Sc1cccc(F)c1C(=N)N. The van der Waals surface area contributed by atoms with Crippen molar-refractivity contribution in [1.29, 1.82) is 5.41 Å². The maximum atomic E-state index is 13.4. The van der Waals surface area contributed by atoms with Gasteiger partial charge in [0.25, 0.3) is 0 Å². The van der Waals surface area contributed by atoms with E-state index in [0.29, 0.717) is 0 Å². The molecule has 0 aliphatic carbocycles. The van der Waals surface area contributed by atoms with Crippen LogP contribution in [0.3, 0.4) is 0 Å². The molecule has 0 aliphatic rings. The summed E-state index contributed by atoms with van der Waals surface area (Å²) in [4.78, 5) is 0.718. The normalized spacial score (nSPS) is 11.5. The van der Waals surface area contributed by atoms with E-state index < -0.39 is 5.82 Å². The molecule has 0 amide bonds. The van der Waals surface area contributed by atoms with Crippen LogP contribution in [0.15, 0.2) is 23.1 Å². The molecule has 0 aliphatic heterocycles. The highest BCUT2D eigenvalue weighted by molar-refractivity contribution is 8.00. The molecule has 0 saturated carbocycles. The smallest absolute Gasteiger partial charge is 0.135 e. The minimum atomic E-state index is -0.434. The number of nitrogen functional groups attached to an aromatic ring is 1.